The zero-order valence-corrected chi connectivity index (χ0v) is 20.0. The number of ketones is 1. The minimum Gasteiger partial charge on any atom is -0.382 e. The van der Waals surface area contributed by atoms with Gasteiger partial charge in [-0.2, -0.15) is 18.4 Å². The van der Waals surface area contributed by atoms with E-state index >= 15 is 0 Å². The van der Waals surface area contributed by atoms with E-state index in [0.717, 1.165) is 17.7 Å². The van der Waals surface area contributed by atoms with Crippen molar-refractivity contribution in [3.05, 3.63) is 75.5 Å². The van der Waals surface area contributed by atoms with E-state index in [4.69, 9.17) is 0 Å². The Balaban J connectivity index is 2.43. The van der Waals surface area contributed by atoms with Crippen LogP contribution >= 0.6 is 15.9 Å². The number of Topliss-reactive ketones (excluding diaryl/α,β-unsaturated/α-hetero) is 1. The van der Waals surface area contributed by atoms with Crippen LogP contribution in [0, 0.1) is 18.3 Å². The smallest absolute Gasteiger partial charge is 0.382 e. The first-order chi connectivity index (χ1) is 15.3. The molecule has 0 aliphatic carbocycles. The number of nitrogens with zero attached hydrogens (tertiary/aromatic N) is 3. The first-order valence-corrected chi connectivity index (χ1v) is 11.6. The highest BCUT2D eigenvalue weighted by Crippen LogP contribution is 2.39. The Bertz CT molecular complexity index is 1430. The van der Waals surface area contributed by atoms with Gasteiger partial charge in [-0.25, -0.2) is 12.4 Å². The predicted molar refractivity (Wildman–Crippen MR) is 120 cm³/mol. The molecule has 11 heteroatoms. The molecule has 0 radical (unpaired) electrons. The van der Waals surface area contributed by atoms with Crippen LogP contribution in [0.2, 0.25) is 0 Å². The van der Waals surface area contributed by atoms with Gasteiger partial charge in [0.1, 0.15) is 17.3 Å². The van der Waals surface area contributed by atoms with Crippen molar-refractivity contribution in [2.75, 3.05) is 14.1 Å². The molecule has 0 spiro atoms. The molecule has 0 unspecified atom stereocenters. The number of nitriles is 1. The summed E-state index contributed by atoms with van der Waals surface area (Å²) in [7, 11) is -1.37. The van der Waals surface area contributed by atoms with E-state index in [2.05, 4.69) is 15.9 Å². The second-order valence-electron chi connectivity index (χ2n) is 7.45. The molecule has 0 bridgehead atoms. The van der Waals surface area contributed by atoms with Crippen LogP contribution in [-0.4, -0.2) is 37.2 Å². The number of hydrogen-bond acceptors (Lipinski definition) is 5. The topological polar surface area (TPSA) is 83.2 Å². The monoisotopic (exact) mass is 539 g/mol. The van der Waals surface area contributed by atoms with Crippen molar-refractivity contribution in [2.24, 2.45) is 0 Å². The Hall–Kier alpha value is -3.10. The molecule has 0 fully saturated rings. The van der Waals surface area contributed by atoms with Gasteiger partial charge in [-0.05, 0) is 37.3 Å². The van der Waals surface area contributed by atoms with Gasteiger partial charge in [0.25, 0.3) is 10.0 Å². The normalized spacial score (nSPS) is 12.6. The Morgan fingerprint density at radius 1 is 1.15 bits per heavy atom. The van der Waals surface area contributed by atoms with Crippen molar-refractivity contribution >= 4 is 42.6 Å². The Morgan fingerprint density at radius 2 is 1.76 bits per heavy atom. The number of fused-ring (bicyclic) bond motifs is 1. The summed E-state index contributed by atoms with van der Waals surface area (Å²) in [5.74, 6) is -0.942. The van der Waals surface area contributed by atoms with Gasteiger partial charge in [0.15, 0.2) is 0 Å². The summed E-state index contributed by atoms with van der Waals surface area (Å²) in [4.78, 5) is 14.4. The number of carbonyl (C=O) groups excluding carboxylic acids is 1. The molecular formula is C22H17BrF3N3O3S. The number of aryl methyl sites for hydroxylation is 1. The predicted octanol–water partition coefficient (Wildman–Crippen LogP) is 5.12. The molecule has 172 valence electrons. The lowest BCUT2D eigenvalue weighted by Crippen LogP contribution is -2.20. The molecule has 2 aromatic carbocycles. The third-order valence-corrected chi connectivity index (χ3v) is 7.09. The number of benzene rings is 2. The lowest BCUT2D eigenvalue weighted by molar-refractivity contribution is -0.138. The maximum absolute atomic E-state index is 13.6. The van der Waals surface area contributed by atoms with Crippen molar-refractivity contribution in [1.82, 2.24) is 8.87 Å². The van der Waals surface area contributed by atoms with E-state index < -0.39 is 33.2 Å². The molecule has 0 saturated heterocycles. The minimum absolute atomic E-state index is 0.0797. The summed E-state index contributed by atoms with van der Waals surface area (Å²) in [5, 5.41) is 9.52. The largest absolute Gasteiger partial charge is 0.417 e. The van der Waals surface area contributed by atoms with E-state index in [1.165, 1.54) is 35.4 Å². The highest BCUT2D eigenvalue weighted by atomic mass is 79.9. The zero-order valence-electron chi connectivity index (χ0n) is 17.6. The molecular weight excluding hydrogens is 523 g/mol. The number of aromatic nitrogens is 1. The van der Waals surface area contributed by atoms with Crippen LogP contribution in [0.4, 0.5) is 13.2 Å². The van der Waals surface area contributed by atoms with Crippen LogP contribution in [0.1, 0.15) is 21.6 Å². The second-order valence-corrected chi connectivity index (χ2v) is 10.1. The van der Waals surface area contributed by atoms with Gasteiger partial charge >= 0.3 is 6.18 Å². The van der Waals surface area contributed by atoms with Gasteiger partial charge in [-0.1, -0.05) is 33.6 Å². The molecule has 0 atom stereocenters. The number of alkyl halides is 3. The van der Waals surface area contributed by atoms with Gasteiger partial charge in [-0.15, -0.1) is 0 Å². The molecule has 3 rings (SSSR count). The van der Waals surface area contributed by atoms with Gasteiger partial charge < -0.3 is 4.90 Å². The number of halogens is 4. The average Bonchev–Trinajstić information content (AvgIpc) is 3.09. The van der Waals surface area contributed by atoms with Gasteiger partial charge in [0.2, 0.25) is 5.78 Å². The van der Waals surface area contributed by atoms with Gasteiger partial charge in [-0.3, -0.25) is 4.79 Å². The number of hydrogen-bond donors (Lipinski definition) is 0. The molecule has 0 amide bonds. The van der Waals surface area contributed by atoms with E-state index in [1.54, 1.807) is 27.1 Å². The number of rotatable bonds is 5. The van der Waals surface area contributed by atoms with Crippen LogP contribution in [0.15, 0.2) is 63.6 Å². The first-order valence-electron chi connectivity index (χ1n) is 9.35. The molecule has 0 aliphatic rings. The van der Waals surface area contributed by atoms with Gasteiger partial charge in [0.05, 0.1) is 16.0 Å². The van der Waals surface area contributed by atoms with Gasteiger partial charge in [0, 0.05) is 30.2 Å². The summed E-state index contributed by atoms with van der Waals surface area (Å²) >= 11 is 2.87. The van der Waals surface area contributed by atoms with Crippen LogP contribution in [0.5, 0.6) is 0 Å². The Morgan fingerprint density at radius 3 is 2.27 bits per heavy atom. The van der Waals surface area contributed by atoms with Crippen molar-refractivity contribution in [3.8, 4) is 6.07 Å². The summed E-state index contributed by atoms with van der Waals surface area (Å²) < 4.78 is 68.0. The van der Waals surface area contributed by atoms with Crippen LogP contribution in [0.3, 0.4) is 0 Å². The fourth-order valence-electron chi connectivity index (χ4n) is 3.19. The standard InChI is InChI=1S/C22H17BrF3N3O3S/c1-13-4-6-16(7-5-13)33(31,32)29-19-10-17(22(24,25)26)18(23)8-14(19)9-20(29)21(30)15(11-27)12-28(2)3/h4-10,12H,1-3H3. The summed E-state index contributed by atoms with van der Waals surface area (Å²) in [6, 6.07) is 10.3. The highest BCUT2D eigenvalue weighted by Gasteiger charge is 2.35. The molecule has 0 N–H and O–H groups in total. The second kappa shape index (κ2) is 8.68. The summed E-state index contributed by atoms with van der Waals surface area (Å²) in [6.45, 7) is 1.74. The average molecular weight is 540 g/mol. The van der Waals surface area contributed by atoms with E-state index in [1.807, 2.05) is 0 Å². The summed E-state index contributed by atoms with van der Waals surface area (Å²) in [5.41, 5.74) is -1.50. The third kappa shape index (κ3) is 4.67. The maximum Gasteiger partial charge on any atom is 0.417 e. The van der Waals surface area contributed by atoms with Crippen molar-refractivity contribution in [3.63, 3.8) is 0 Å². The van der Waals surface area contributed by atoms with E-state index in [-0.39, 0.29) is 25.8 Å². The van der Waals surface area contributed by atoms with E-state index in [9.17, 15) is 31.6 Å². The van der Waals surface area contributed by atoms with E-state index in [0.29, 0.717) is 10.0 Å². The molecule has 1 aromatic heterocycles. The molecule has 6 nitrogen and oxygen atoms in total. The third-order valence-electron chi connectivity index (χ3n) is 4.70. The van der Waals surface area contributed by atoms with Crippen LogP contribution < -0.4 is 0 Å². The number of allylic oxidation sites excluding steroid dienone is 1. The first kappa shape index (κ1) is 24.5. The summed E-state index contributed by atoms with van der Waals surface area (Å²) in [6.07, 6.45) is -3.57. The minimum atomic E-state index is -4.78. The molecule has 0 saturated carbocycles. The fourth-order valence-corrected chi connectivity index (χ4v) is 5.28. The van der Waals surface area contributed by atoms with Crippen molar-refractivity contribution in [2.45, 2.75) is 18.0 Å². The number of carbonyl (C=O) groups is 1. The Labute approximate surface area is 196 Å². The molecule has 0 aliphatic heterocycles. The van der Waals surface area contributed by atoms with Crippen molar-refractivity contribution < 1.29 is 26.4 Å². The lowest BCUT2D eigenvalue weighted by Gasteiger charge is -2.14. The molecule has 3 aromatic rings. The SMILES string of the molecule is Cc1ccc(S(=O)(=O)n2c(C(=O)C(C#N)=CN(C)C)cc3cc(Br)c(C(F)(F)F)cc32)cc1. The fraction of sp³-hybridized carbons (Fsp3) is 0.182. The maximum atomic E-state index is 13.6. The highest BCUT2D eigenvalue weighted by molar-refractivity contribution is 9.10. The molecule has 1 heterocycles. The van der Waals surface area contributed by atoms with Crippen LogP contribution in [0.25, 0.3) is 10.9 Å². The zero-order chi connectivity index (χ0) is 24.7. The quantitative estimate of drug-likeness (QED) is 0.255. The van der Waals surface area contributed by atoms with Crippen LogP contribution in [-0.2, 0) is 16.2 Å². The van der Waals surface area contributed by atoms with Crippen molar-refractivity contribution in [1.29, 1.82) is 5.26 Å². The Kier molecular flexibility index (Phi) is 6.46. The lowest BCUT2D eigenvalue weighted by atomic mass is 10.1. The molecule has 33 heavy (non-hydrogen) atoms.